The second-order valence-corrected chi connectivity index (χ2v) is 7.10. The van der Waals surface area contributed by atoms with Gasteiger partial charge in [0.25, 0.3) is 10.0 Å². The summed E-state index contributed by atoms with van der Waals surface area (Å²) in [4.78, 5) is 0. The van der Waals surface area contributed by atoms with Crippen LogP contribution in [0.4, 0.5) is 0 Å². The molecule has 0 bridgehead atoms. The number of hydrogen-bond acceptors (Lipinski definition) is 4. The predicted octanol–water partition coefficient (Wildman–Crippen LogP) is 0.431. The fraction of sp³-hybridized carbons (Fsp3) is 0.700. The molecule has 0 aliphatic carbocycles. The van der Waals surface area contributed by atoms with Crippen LogP contribution in [0.3, 0.4) is 0 Å². The highest BCUT2D eigenvalue weighted by Gasteiger charge is 2.35. The standard InChI is InChI=1S/C10H17ClN4O2S/c1-7-3-8(12)6-15(5-7)18(16,17)10-9(11)4-13-14(10)2/h4,7-8H,3,5-6,12H2,1-2H3. The molecule has 1 aromatic heterocycles. The number of halogens is 1. The molecule has 2 unspecified atom stereocenters. The lowest BCUT2D eigenvalue weighted by Gasteiger charge is -2.33. The van der Waals surface area contributed by atoms with Crippen molar-refractivity contribution in [3.63, 3.8) is 0 Å². The van der Waals surface area contributed by atoms with Gasteiger partial charge >= 0.3 is 0 Å². The Bertz CT molecular complexity index is 513. The van der Waals surface area contributed by atoms with Crippen LogP contribution in [-0.4, -0.2) is 41.6 Å². The topological polar surface area (TPSA) is 81.2 Å². The molecule has 2 N–H and O–H groups in total. The Labute approximate surface area is 112 Å². The van der Waals surface area contributed by atoms with E-state index in [4.69, 9.17) is 17.3 Å². The highest BCUT2D eigenvalue weighted by atomic mass is 35.5. The quantitative estimate of drug-likeness (QED) is 0.857. The molecule has 1 aliphatic rings. The molecule has 6 nitrogen and oxygen atoms in total. The number of aromatic nitrogens is 2. The van der Waals surface area contributed by atoms with E-state index >= 15 is 0 Å². The van der Waals surface area contributed by atoms with E-state index in [0.29, 0.717) is 13.1 Å². The van der Waals surface area contributed by atoms with Gasteiger partial charge in [-0.05, 0) is 12.3 Å². The van der Waals surface area contributed by atoms with Crippen LogP contribution < -0.4 is 5.73 Å². The SMILES string of the molecule is CC1CC(N)CN(S(=O)(=O)c2c(Cl)cnn2C)C1. The minimum atomic E-state index is -3.62. The lowest BCUT2D eigenvalue weighted by Crippen LogP contribution is -2.49. The van der Waals surface area contributed by atoms with Gasteiger partial charge in [0.15, 0.2) is 5.03 Å². The first kappa shape index (κ1) is 13.8. The molecule has 102 valence electrons. The average molecular weight is 293 g/mol. The van der Waals surface area contributed by atoms with Crippen LogP contribution in [0.15, 0.2) is 11.2 Å². The van der Waals surface area contributed by atoms with Crippen LogP contribution in [0, 0.1) is 5.92 Å². The van der Waals surface area contributed by atoms with Crippen LogP contribution in [0.2, 0.25) is 5.02 Å². The molecular weight excluding hydrogens is 276 g/mol. The second-order valence-electron chi connectivity index (χ2n) is 4.84. The molecule has 1 aromatic rings. The molecule has 1 aliphatic heterocycles. The molecular formula is C10H17ClN4O2S. The first-order valence-corrected chi connectivity index (χ1v) is 7.57. The maximum Gasteiger partial charge on any atom is 0.261 e. The molecule has 18 heavy (non-hydrogen) atoms. The van der Waals surface area contributed by atoms with Crippen molar-refractivity contribution in [3.8, 4) is 0 Å². The van der Waals surface area contributed by atoms with E-state index in [0.717, 1.165) is 6.42 Å². The number of hydrogen-bond donors (Lipinski definition) is 1. The maximum absolute atomic E-state index is 12.5. The Kier molecular flexibility index (Phi) is 3.68. The second kappa shape index (κ2) is 4.80. The van der Waals surface area contributed by atoms with Crippen LogP contribution in [0.5, 0.6) is 0 Å². The first-order valence-electron chi connectivity index (χ1n) is 5.75. The van der Waals surface area contributed by atoms with Gasteiger partial charge < -0.3 is 5.73 Å². The minimum absolute atomic E-state index is 0.0328. The lowest BCUT2D eigenvalue weighted by atomic mass is 9.99. The Balaban J connectivity index is 2.37. The van der Waals surface area contributed by atoms with Gasteiger partial charge in [0.1, 0.15) is 0 Å². The predicted molar refractivity (Wildman–Crippen MR) is 68.7 cm³/mol. The molecule has 0 spiro atoms. The Hall–Kier alpha value is -0.630. The van der Waals surface area contributed by atoms with E-state index < -0.39 is 10.0 Å². The van der Waals surface area contributed by atoms with Gasteiger partial charge in [0, 0.05) is 26.2 Å². The van der Waals surface area contributed by atoms with Crippen LogP contribution in [-0.2, 0) is 17.1 Å². The minimum Gasteiger partial charge on any atom is -0.326 e. The van der Waals surface area contributed by atoms with Gasteiger partial charge in [-0.25, -0.2) is 8.42 Å². The van der Waals surface area contributed by atoms with Crippen molar-refractivity contribution in [3.05, 3.63) is 11.2 Å². The highest BCUT2D eigenvalue weighted by molar-refractivity contribution is 7.89. The van der Waals surface area contributed by atoms with Crippen LogP contribution in [0.25, 0.3) is 0 Å². The van der Waals surface area contributed by atoms with Crippen molar-refractivity contribution in [2.45, 2.75) is 24.4 Å². The van der Waals surface area contributed by atoms with Crippen LogP contribution >= 0.6 is 11.6 Å². The summed E-state index contributed by atoms with van der Waals surface area (Å²) < 4.78 is 27.7. The highest BCUT2D eigenvalue weighted by Crippen LogP contribution is 2.27. The number of aryl methyl sites for hydroxylation is 1. The zero-order valence-electron chi connectivity index (χ0n) is 10.4. The van der Waals surface area contributed by atoms with E-state index in [9.17, 15) is 8.42 Å². The van der Waals surface area contributed by atoms with E-state index in [1.165, 1.54) is 15.2 Å². The van der Waals surface area contributed by atoms with Crippen molar-refractivity contribution in [1.82, 2.24) is 14.1 Å². The zero-order valence-corrected chi connectivity index (χ0v) is 11.9. The van der Waals surface area contributed by atoms with Crippen LogP contribution in [0.1, 0.15) is 13.3 Å². The molecule has 0 amide bonds. The number of piperidine rings is 1. The van der Waals surface area contributed by atoms with E-state index in [2.05, 4.69) is 5.10 Å². The molecule has 2 rings (SSSR count). The normalized spacial score (nSPS) is 26.4. The van der Waals surface area contributed by atoms with Crippen molar-refractivity contribution in [2.24, 2.45) is 18.7 Å². The third-order valence-corrected chi connectivity index (χ3v) is 5.42. The van der Waals surface area contributed by atoms with Gasteiger partial charge in [0.2, 0.25) is 0 Å². The Morgan fingerprint density at radius 2 is 2.17 bits per heavy atom. The summed E-state index contributed by atoms with van der Waals surface area (Å²) in [6.45, 7) is 2.79. The lowest BCUT2D eigenvalue weighted by molar-refractivity contribution is 0.253. The van der Waals surface area contributed by atoms with E-state index in [1.807, 2.05) is 6.92 Å². The fourth-order valence-corrected chi connectivity index (χ4v) is 4.58. The number of rotatable bonds is 2. The zero-order chi connectivity index (χ0) is 13.5. The number of sulfonamides is 1. The van der Waals surface area contributed by atoms with Gasteiger partial charge in [0.05, 0.1) is 11.2 Å². The summed E-state index contributed by atoms with van der Waals surface area (Å²) in [5.41, 5.74) is 5.88. The van der Waals surface area contributed by atoms with Crippen molar-refractivity contribution in [2.75, 3.05) is 13.1 Å². The summed E-state index contributed by atoms with van der Waals surface area (Å²) in [6.07, 6.45) is 2.17. The molecule has 8 heteroatoms. The summed E-state index contributed by atoms with van der Waals surface area (Å²) in [5, 5.41) is 4.04. The molecule has 0 radical (unpaired) electrons. The van der Waals surface area contributed by atoms with Gasteiger partial charge in [-0.3, -0.25) is 4.68 Å². The van der Waals surface area contributed by atoms with E-state index in [-0.39, 0.29) is 22.0 Å². The Morgan fingerprint density at radius 3 is 2.67 bits per heavy atom. The first-order chi connectivity index (χ1) is 8.32. The van der Waals surface area contributed by atoms with Crippen molar-refractivity contribution < 1.29 is 8.42 Å². The van der Waals surface area contributed by atoms with Gasteiger partial charge in [-0.1, -0.05) is 18.5 Å². The summed E-state index contributed by atoms with van der Waals surface area (Å²) >= 11 is 5.90. The van der Waals surface area contributed by atoms with E-state index in [1.54, 1.807) is 7.05 Å². The van der Waals surface area contributed by atoms with Gasteiger partial charge in [-0.2, -0.15) is 9.40 Å². The third-order valence-electron chi connectivity index (χ3n) is 3.09. The molecule has 2 heterocycles. The summed E-state index contributed by atoms with van der Waals surface area (Å²) in [5.74, 6) is 0.246. The van der Waals surface area contributed by atoms with Crippen molar-refractivity contribution in [1.29, 1.82) is 0 Å². The molecule has 1 fully saturated rings. The molecule has 0 aromatic carbocycles. The smallest absolute Gasteiger partial charge is 0.261 e. The summed E-state index contributed by atoms with van der Waals surface area (Å²) in [6, 6.07) is -0.129. The molecule has 2 atom stereocenters. The number of nitrogens with two attached hydrogens (primary N) is 1. The largest absolute Gasteiger partial charge is 0.326 e. The monoisotopic (exact) mass is 292 g/mol. The van der Waals surface area contributed by atoms with Gasteiger partial charge in [-0.15, -0.1) is 0 Å². The van der Waals surface area contributed by atoms with Crippen molar-refractivity contribution >= 4 is 21.6 Å². The third kappa shape index (κ3) is 2.40. The average Bonchev–Trinajstić information content (AvgIpc) is 2.57. The molecule has 0 saturated carbocycles. The summed E-state index contributed by atoms with van der Waals surface area (Å²) in [7, 11) is -2.06. The Morgan fingerprint density at radius 1 is 1.50 bits per heavy atom. The number of nitrogens with zero attached hydrogens (tertiary/aromatic N) is 3. The molecule has 1 saturated heterocycles. The maximum atomic E-state index is 12.5. The fourth-order valence-electron chi connectivity index (χ4n) is 2.36.